The normalized spacial score (nSPS) is 22.2. The van der Waals surface area contributed by atoms with E-state index in [0.29, 0.717) is 26.1 Å². The number of piperidine rings is 1. The van der Waals surface area contributed by atoms with Crippen molar-refractivity contribution in [3.8, 4) is 0 Å². The molecular formula is C16H23N3O3S. The third-order valence-electron chi connectivity index (χ3n) is 4.36. The number of ether oxygens (including phenoxy) is 1. The molecule has 0 radical (unpaired) electrons. The number of morpholine rings is 1. The first kappa shape index (κ1) is 16.4. The lowest BCUT2D eigenvalue weighted by molar-refractivity contribution is -0.154. The van der Waals surface area contributed by atoms with Crippen LogP contribution in [0.15, 0.2) is 5.38 Å². The standard InChI is InChI=1S/C16H23N3O3S/c1-12-17-13(11-23-12)9-15(20)19-7-8-22-14(10-19)16(21)18-5-3-2-4-6-18/h11,14H,2-10H2,1H3/t14-/m0/s1. The molecule has 6 nitrogen and oxygen atoms in total. The lowest BCUT2D eigenvalue weighted by Crippen LogP contribution is -2.53. The maximum Gasteiger partial charge on any atom is 0.253 e. The SMILES string of the molecule is Cc1nc(CC(=O)N2CCO[C@H](C(=O)N3CCCCC3)C2)cs1. The molecule has 3 heterocycles. The van der Waals surface area contributed by atoms with Crippen molar-refractivity contribution in [1.82, 2.24) is 14.8 Å². The minimum atomic E-state index is -0.511. The monoisotopic (exact) mass is 337 g/mol. The first-order chi connectivity index (χ1) is 11.1. The van der Waals surface area contributed by atoms with Gasteiger partial charge in [-0.3, -0.25) is 9.59 Å². The summed E-state index contributed by atoms with van der Waals surface area (Å²) in [5.41, 5.74) is 0.808. The van der Waals surface area contributed by atoms with E-state index in [-0.39, 0.29) is 11.8 Å². The predicted octanol–water partition coefficient (Wildman–Crippen LogP) is 1.23. The maximum atomic E-state index is 12.5. The van der Waals surface area contributed by atoms with Gasteiger partial charge in [0.15, 0.2) is 6.10 Å². The number of amides is 2. The number of aryl methyl sites for hydroxylation is 1. The molecule has 23 heavy (non-hydrogen) atoms. The molecule has 7 heteroatoms. The van der Waals surface area contributed by atoms with Crippen LogP contribution in [0.1, 0.15) is 30.0 Å². The fourth-order valence-corrected chi connectivity index (χ4v) is 3.71. The van der Waals surface area contributed by atoms with E-state index < -0.39 is 6.10 Å². The summed E-state index contributed by atoms with van der Waals surface area (Å²) in [4.78, 5) is 32.9. The average molecular weight is 337 g/mol. The second kappa shape index (κ2) is 7.40. The lowest BCUT2D eigenvalue weighted by atomic mass is 10.1. The molecule has 2 aliphatic heterocycles. The smallest absolute Gasteiger partial charge is 0.253 e. The summed E-state index contributed by atoms with van der Waals surface area (Å²) >= 11 is 1.55. The zero-order chi connectivity index (χ0) is 16.2. The number of rotatable bonds is 3. The highest BCUT2D eigenvalue weighted by Crippen LogP contribution is 2.15. The highest BCUT2D eigenvalue weighted by Gasteiger charge is 2.32. The molecule has 0 spiro atoms. The van der Waals surface area contributed by atoms with Crippen molar-refractivity contribution in [2.75, 3.05) is 32.8 Å². The number of carbonyl (C=O) groups is 2. The molecule has 0 aliphatic carbocycles. The quantitative estimate of drug-likeness (QED) is 0.832. The molecule has 2 saturated heterocycles. The zero-order valence-corrected chi connectivity index (χ0v) is 14.3. The first-order valence-corrected chi connectivity index (χ1v) is 9.10. The number of thiazole rings is 1. The van der Waals surface area contributed by atoms with E-state index in [4.69, 9.17) is 4.74 Å². The molecule has 1 aromatic heterocycles. The van der Waals surface area contributed by atoms with Crippen molar-refractivity contribution in [3.05, 3.63) is 16.1 Å². The Kier molecular flexibility index (Phi) is 5.27. The van der Waals surface area contributed by atoms with Crippen molar-refractivity contribution < 1.29 is 14.3 Å². The summed E-state index contributed by atoms with van der Waals surface area (Å²) < 4.78 is 5.63. The largest absolute Gasteiger partial charge is 0.365 e. The van der Waals surface area contributed by atoms with Crippen LogP contribution in [0.5, 0.6) is 0 Å². The molecule has 126 valence electrons. The fourth-order valence-electron chi connectivity index (χ4n) is 3.10. The van der Waals surface area contributed by atoms with Crippen molar-refractivity contribution in [2.45, 2.75) is 38.7 Å². The van der Waals surface area contributed by atoms with E-state index in [1.54, 1.807) is 16.2 Å². The van der Waals surface area contributed by atoms with Gasteiger partial charge in [-0.2, -0.15) is 0 Å². The molecule has 0 unspecified atom stereocenters. The van der Waals surface area contributed by atoms with Crippen molar-refractivity contribution >= 4 is 23.2 Å². The topological polar surface area (TPSA) is 62.7 Å². The highest BCUT2D eigenvalue weighted by molar-refractivity contribution is 7.09. The van der Waals surface area contributed by atoms with E-state index in [0.717, 1.165) is 36.6 Å². The van der Waals surface area contributed by atoms with E-state index in [9.17, 15) is 9.59 Å². The summed E-state index contributed by atoms with van der Waals surface area (Å²) in [6.45, 7) is 4.88. The minimum absolute atomic E-state index is 0.0232. The number of nitrogens with zero attached hydrogens (tertiary/aromatic N) is 3. The van der Waals surface area contributed by atoms with Gasteiger partial charge >= 0.3 is 0 Å². The molecule has 0 saturated carbocycles. The van der Waals surface area contributed by atoms with Gasteiger partial charge in [0.05, 0.1) is 30.3 Å². The molecule has 2 amide bonds. The summed E-state index contributed by atoms with van der Waals surface area (Å²) in [5.74, 6) is 0.0572. The third kappa shape index (κ3) is 4.09. The van der Waals surface area contributed by atoms with Crippen LogP contribution >= 0.6 is 11.3 Å². The van der Waals surface area contributed by atoms with Gasteiger partial charge in [0.1, 0.15) is 0 Å². The second-order valence-corrected chi connectivity index (χ2v) is 7.18. The highest BCUT2D eigenvalue weighted by atomic mass is 32.1. The molecule has 3 rings (SSSR count). The van der Waals surface area contributed by atoms with Gasteiger partial charge < -0.3 is 14.5 Å². The van der Waals surface area contributed by atoms with Crippen molar-refractivity contribution in [1.29, 1.82) is 0 Å². The van der Waals surface area contributed by atoms with E-state index in [1.807, 2.05) is 17.2 Å². The molecular weight excluding hydrogens is 314 g/mol. The molecule has 1 atom stereocenters. The molecule has 1 aromatic rings. The molecule has 2 fully saturated rings. The van der Waals surface area contributed by atoms with Gasteiger partial charge in [-0.05, 0) is 26.2 Å². The Labute approximate surface area is 140 Å². The van der Waals surface area contributed by atoms with Crippen LogP contribution in [-0.2, 0) is 20.7 Å². The number of carbonyl (C=O) groups excluding carboxylic acids is 2. The summed E-state index contributed by atoms with van der Waals surface area (Å²) in [5, 5.41) is 2.89. The minimum Gasteiger partial charge on any atom is -0.365 e. The summed E-state index contributed by atoms with van der Waals surface area (Å²) in [6, 6.07) is 0. The van der Waals surface area contributed by atoms with Gasteiger partial charge in [0, 0.05) is 25.0 Å². The Morgan fingerprint density at radius 2 is 2.04 bits per heavy atom. The van der Waals surface area contributed by atoms with E-state index >= 15 is 0 Å². The lowest BCUT2D eigenvalue weighted by Gasteiger charge is -2.36. The van der Waals surface area contributed by atoms with E-state index in [1.165, 1.54) is 6.42 Å². The molecule has 0 aromatic carbocycles. The average Bonchev–Trinajstić information content (AvgIpc) is 3.00. The molecule has 0 N–H and O–H groups in total. The Morgan fingerprint density at radius 1 is 1.26 bits per heavy atom. The van der Waals surface area contributed by atoms with Crippen LogP contribution in [0.2, 0.25) is 0 Å². The van der Waals surface area contributed by atoms with Gasteiger partial charge in [-0.15, -0.1) is 11.3 Å². The van der Waals surface area contributed by atoms with Crippen LogP contribution < -0.4 is 0 Å². The number of hydrogen-bond donors (Lipinski definition) is 0. The van der Waals surface area contributed by atoms with Gasteiger partial charge in [0.2, 0.25) is 5.91 Å². The van der Waals surface area contributed by atoms with E-state index in [2.05, 4.69) is 4.98 Å². The predicted molar refractivity (Wildman–Crippen MR) is 87.3 cm³/mol. The number of aromatic nitrogens is 1. The summed E-state index contributed by atoms with van der Waals surface area (Å²) in [6.07, 6.45) is 3.10. The Morgan fingerprint density at radius 3 is 2.74 bits per heavy atom. The Hall–Kier alpha value is -1.47. The molecule has 2 aliphatic rings. The summed E-state index contributed by atoms with van der Waals surface area (Å²) in [7, 11) is 0. The maximum absolute atomic E-state index is 12.5. The number of likely N-dealkylation sites (tertiary alicyclic amines) is 1. The van der Waals surface area contributed by atoms with Crippen LogP contribution in [0, 0.1) is 6.92 Å². The third-order valence-corrected chi connectivity index (χ3v) is 5.18. The van der Waals surface area contributed by atoms with Gasteiger partial charge in [-0.1, -0.05) is 0 Å². The zero-order valence-electron chi connectivity index (χ0n) is 13.5. The fraction of sp³-hybridized carbons (Fsp3) is 0.688. The van der Waals surface area contributed by atoms with Crippen LogP contribution in [-0.4, -0.2) is 65.5 Å². The van der Waals surface area contributed by atoms with Crippen LogP contribution in [0.4, 0.5) is 0 Å². The Balaban J connectivity index is 1.56. The van der Waals surface area contributed by atoms with Crippen LogP contribution in [0.25, 0.3) is 0 Å². The van der Waals surface area contributed by atoms with Gasteiger partial charge in [-0.25, -0.2) is 4.98 Å². The van der Waals surface area contributed by atoms with Crippen molar-refractivity contribution in [2.24, 2.45) is 0 Å². The second-order valence-electron chi connectivity index (χ2n) is 6.12. The molecule has 0 bridgehead atoms. The Bertz CT molecular complexity index is 569. The first-order valence-electron chi connectivity index (χ1n) is 8.22. The number of hydrogen-bond acceptors (Lipinski definition) is 5. The van der Waals surface area contributed by atoms with Crippen molar-refractivity contribution in [3.63, 3.8) is 0 Å². The van der Waals surface area contributed by atoms with Gasteiger partial charge in [0.25, 0.3) is 5.91 Å². The van der Waals surface area contributed by atoms with Crippen LogP contribution in [0.3, 0.4) is 0 Å².